The molecule has 0 fully saturated rings. The molecule has 0 saturated heterocycles. The number of carbonyl (C=O) groups excluding carboxylic acids is 1. The summed E-state index contributed by atoms with van der Waals surface area (Å²) in [6.07, 6.45) is 3.72. The van der Waals surface area contributed by atoms with E-state index in [4.69, 9.17) is 0 Å². The van der Waals surface area contributed by atoms with Gasteiger partial charge in [-0.2, -0.15) is 0 Å². The third-order valence-corrected chi connectivity index (χ3v) is 3.61. The molecule has 0 radical (unpaired) electrons. The number of carbonyl (C=O) groups is 1. The molecule has 92 valence electrons. The highest BCUT2D eigenvalue weighted by atomic mass is 79.9. The van der Waals surface area contributed by atoms with Gasteiger partial charge in [-0.05, 0) is 46.1 Å². The predicted octanol–water partition coefficient (Wildman–Crippen LogP) is 3.33. The predicted molar refractivity (Wildman–Crippen MR) is 75.4 cm³/mol. The zero-order valence-corrected chi connectivity index (χ0v) is 11.6. The Morgan fingerprint density at radius 3 is 2.89 bits per heavy atom. The van der Waals surface area contributed by atoms with Gasteiger partial charge in [0.25, 0.3) is 0 Å². The van der Waals surface area contributed by atoms with Gasteiger partial charge in [-0.3, -0.25) is 9.78 Å². The summed E-state index contributed by atoms with van der Waals surface area (Å²) in [5.74, 6) is -0.0469. The second kappa shape index (κ2) is 5.78. The fourth-order valence-electron chi connectivity index (χ4n) is 1.63. The van der Waals surface area contributed by atoms with Crippen molar-refractivity contribution in [2.45, 2.75) is 13.3 Å². The van der Waals surface area contributed by atoms with Gasteiger partial charge in [0.15, 0.2) is 0 Å². The molecule has 0 unspecified atom stereocenters. The van der Waals surface area contributed by atoms with Crippen molar-refractivity contribution >= 4 is 27.5 Å². The van der Waals surface area contributed by atoms with E-state index >= 15 is 0 Å². The number of nitrogens with zero attached hydrogens (tertiary/aromatic N) is 1. The molecule has 2 aromatic rings. The Kier molecular flexibility index (Phi) is 4.10. The standard InChI is InChI=1S/C14H13BrN2O/c1-10-4-2-6-12(14(10)15)17-13(18)8-11-5-3-7-16-9-11/h2-7,9H,8H2,1H3,(H,17,18). The zero-order chi connectivity index (χ0) is 13.0. The lowest BCUT2D eigenvalue weighted by atomic mass is 10.2. The molecule has 2 rings (SSSR count). The summed E-state index contributed by atoms with van der Waals surface area (Å²) in [6, 6.07) is 9.49. The number of benzene rings is 1. The van der Waals surface area contributed by atoms with E-state index in [9.17, 15) is 4.79 Å². The van der Waals surface area contributed by atoms with Crippen LogP contribution in [0, 0.1) is 6.92 Å². The molecule has 3 nitrogen and oxygen atoms in total. The molecule has 0 aliphatic rings. The molecule has 4 heteroatoms. The first-order valence-electron chi connectivity index (χ1n) is 5.60. The Morgan fingerprint density at radius 2 is 2.17 bits per heavy atom. The van der Waals surface area contributed by atoms with Crippen LogP contribution < -0.4 is 5.32 Å². The fourth-order valence-corrected chi connectivity index (χ4v) is 1.99. The van der Waals surface area contributed by atoms with Gasteiger partial charge in [0.1, 0.15) is 0 Å². The SMILES string of the molecule is Cc1cccc(NC(=O)Cc2cccnc2)c1Br. The molecule has 1 aromatic heterocycles. The first-order chi connectivity index (χ1) is 8.66. The Labute approximate surface area is 114 Å². The number of aromatic nitrogens is 1. The second-order valence-electron chi connectivity index (χ2n) is 4.02. The second-order valence-corrected chi connectivity index (χ2v) is 4.82. The highest BCUT2D eigenvalue weighted by Crippen LogP contribution is 2.25. The number of hydrogen-bond acceptors (Lipinski definition) is 2. The molecule has 1 amide bonds. The van der Waals surface area contributed by atoms with Crippen molar-refractivity contribution < 1.29 is 4.79 Å². The van der Waals surface area contributed by atoms with Crippen LogP contribution in [0.2, 0.25) is 0 Å². The molecule has 0 atom stereocenters. The van der Waals surface area contributed by atoms with E-state index in [1.807, 2.05) is 37.3 Å². The van der Waals surface area contributed by atoms with E-state index in [1.165, 1.54) is 0 Å². The maximum Gasteiger partial charge on any atom is 0.228 e. The number of amides is 1. The van der Waals surface area contributed by atoms with Gasteiger partial charge >= 0.3 is 0 Å². The zero-order valence-electron chi connectivity index (χ0n) is 9.98. The minimum Gasteiger partial charge on any atom is -0.325 e. The molecule has 1 aromatic carbocycles. The summed E-state index contributed by atoms with van der Waals surface area (Å²) >= 11 is 3.47. The Hall–Kier alpha value is -1.68. The van der Waals surface area contributed by atoms with E-state index < -0.39 is 0 Å². The first kappa shape index (κ1) is 12.8. The molecule has 0 aliphatic carbocycles. The normalized spacial score (nSPS) is 10.1. The van der Waals surface area contributed by atoms with Crippen molar-refractivity contribution in [3.63, 3.8) is 0 Å². The molecule has 0 saturated carbocycles. The van der Waals surface area contributed by atoms with E-state index in [-0.39, 0.29) is 5.91 Å². The Balaban J connectivity index is 2.06. The topological polar surface area (TPSA) is 42.0 Å². The lowest BCUT2D eigenvalue weighted by Crippen LogP contribution is -2.15. The van der Waals surface area contributed by atoms with Gasteiger partial charge < -0.3 is 5.32 Å². The number of aryl methyl sites for hydroxylation is 1. The van der Waals surface area contributed by atoms with Crippen molar-refractivity contribution in [2.75, 3.05) is 5.32 Å². The largest absolute Gasteiger partial charge is 0.325 e. The van der Waals surface area contributed by atoms with Gasteiger partial charge in [0.05, 0.1) is 12.1 Å². The third-order valence-electron chi connectivity index (χ3n) is 2.55. The van der Waals surface area contributed by atoms with Gasteiger partial charge in [-0.25, -0.2) is 0 Å². The highest BCUT2D eigenvalue weighted by Gasteiger charge is 2.07. The van der Waals surface area contributed by atoms with Gasteiger partial charge in [-0.1, -0.05) is 18.2 Å². The first-order valence-corrected chi connectivity index (χ1v) is 6.40. The van der Waals surface area contributed by atoms with E-state index in [1.54, 1.807) is 12.4 Å². The van der Waals surface area contributed by atoms with Crippen molar-refractivity contribution in [3.05, 3.63) is 58.3 Å². The lowest BCUT2D eigenvalue weighted by Gasteiger charge is -2.09. The van der Waals surface area contributed by atoms with Crippen LogP contribution in [-0.2, 0) is 11.2 Å². The average Bonchev–Trinajstić information content (AvgIpc) is 2.36. The van der Waals surface area contributed by atoms with Crippen LogP contribution in [0.25, 0.3) is 0 Å². The summed E-state index contributed by atoms with van der Waals surface area (Å²) < 4.78 is 0.921. The van der Waals surface area contributed by atoms with Crippen molar-refractivity contribution in [1.82, 2.24) is 4.98 Å². The minimum atomic E-state index is -0.0469. The van der Waals surface area contributed by atoms with Crippen LogP contribution in [0.15, 0.2) is 47.2 Å². The van der Waals surface area contributed by atoms with Crippen molar-refractivity contribution in [3.8, 4) is 0 Å². The van der Waals surface area contributed by atoms with Crippen LogP contribution in [0.3, 0.4) is 0 Å². The summed E-state index contributed by atoms with van der Waals surface area (Å²) in [6.45, 7) is 1.99. The summed E-state index contributed by atoms with van der Waals surface area (Å²) in [5.41, 5.74) is 2.79. The molecule has 1 heterocycles. The molecule has 0 bridgehead atoms. The summed E-state index contributed by atoms with van der Waals surface area (Å²) in [4.78, 5) is 15.9. The Morgan fingerprint density at radius 1 is 1.33 bits per heavy atom. The molecule has 0 spiro atoms. The molecular weight excluding hydrogens is 292 g/mol. The number of nitrogens with one attached hydrogen (secondary N) is 1. The number of halogens is 1. The van der Waals surface area contributed by atoms with Crippen LogP contribution in [0.1, 0.15) is 11.1 Å². The van der Waals surface area contributed by atoms with Crippen LogP contribution >= 0.6 is 15.9 Å². The monoisotopic (exact) mass is 304 g/mol. The van der Waals surface area contributed by atoms with Gasteiger partial charge in [-0.15, -0.1) is 0 Å². The number of anilines is 1. The Bertz CT molecular complexity index is 555. The third kappa shape index (κ3) is 3.17. The summed E-state index contributed by atoms with van der Waals surface area (Å²) in [5, 5.41) is 2.89. The maximum absolute atomic E-state index is 11.9. The van der Waals surface area contributed by atoms with E-state index in [0.29, 0.717) is 6.42 Å². The molecule has 1 N–H and O–H groups in total. The number of pyridine rings is 1. The quantitative estimate of drug-likeness (QED) is 0.945. The maximum atomic E-state index is 11.9. The fraction of sp³-hybridized carbons (Fsp3) is 0.143. The summed E-state index contributed by atoms with van der Waals surface area (Å²) in [7, 11) is 0. The average molecular weight is 305 g/mol. The van der Waals surface area contributed by atoms with E-state index in [0.717, 1.165) is 21.3 Å². The van der Waals surface area contributed by atoms with Crippen LogP contribution in [0.5, 0.6) is 0 Å². The minimum absolute atomic E-state index is 0.0469. The van der Waals surface area contributed by atoms with Crippen molar-refractivity contribution in [1.29, 1.82) is 0 Å². The van der Waals surface area contributed by atoms with E-state index in [2.05, 4.69) is 26.2 Å². The highest BCUT2D eigenvalue weighted by molar-refractivity contribution is 9.10. The number of hydrogen-bond donors (Lipinski definition) is 1. The number of rotatable bonds is 3. The molecule has 18 heavy (non-hydrogen) atoms. The smallest absolute Gasteiger partial charge is 0.228 e. The molecular formula is C14H13BrN2O. The lowest BCUT2D eigenvalue weighted by molar-refractivity contribution is -0.115. The van der Waals surface area contributed by atoms with Gasteiger partial charge in [0, 0.05) is 16.9 Å². The van der Waals surface area contributed by atoms with Gasteiger partial charge in [0.2, 0.25) is 5.91 Å². The van der Waals surface area contributed by atoms with Crippen LogP contribution in [0.4, 0.5) is 5.69 Å². The van der Waals surface area contributed by atoms with Crippen LogP contribution in [-0.4, -0.2) is 10.9 Å². The molecule has 0 aliphatic heterocycles. The van der Waals surface area contributed by atoms with Crippen molar-refractivity contribution in [2.24, 2.45) is 0 Å².